The molecule has 1 aromatic heterocycles. The molecule has 2 atom stereocenters. The molecule has 23 heavy (non-hydrogen) atoms. The number of carboxylic acid groups (broad SMARTS) is 2. The number of fused-ring (bicyclic) bond motifs is 1. The number of carboxylic acids is 2. The van der Waals surface area contributed by atoms with Crippen molar-refractivity contribution in [2.24, 2.45) is 5.41 Å². The number of amides is 1. The van der Waals surface area contributed by atoms with Crippen LogP contribution in [0.3, 0.4) is 0 Å². The number of aliphatic carboxylic acids is 2. The molecule has 7 heteroatoms. The lowest BCUT2D eigenvalue weighted by atomic mass is 9.82. The fourth-order valence-corrected chi connectivity index (χ4v) is 3.58. The lowest BCUT2D eigenvalue weighted by Gasteiger charge is -2.41. The third-order valence-electron chi connectivity index (χ3n) is 4.51. The van der Waals surface area contributed by atoms with E-state index in [0.29, 0.717) is 6.42 Å². The molecule has 0 aliphatic carbocycles. The monoisotopic (exact) mass is 316 g/mol. The quantitative estimate of drug-likeness (QED) is 0.636. The third kappa shape index (κ3) is 2.11. The van der Waals surface area contributed by atoms with E-state index in [4.69, 9.17) is 0 Å². The summed E-state index contributed by atoms with van der Waals surface area (Å²) in [6.07, 6.45) is 1.87. The fourth-order valence-electron chi connectivity index (χ4n) is 3.58. The van der Waals surface area contributed by atoms with Gasteiger partial charge in [0.15, 0.2) is 0 Å². The van der Waals surface area contributed by atoms with Gasteiger partial charge in [-0.15, -0.1) is 0 Å². The van der Waals surface area contributed by atoms with Crippen molar-refractivity contribution < 1.29 is 24.6 Å². The maximum Gasteiger partial charge on any atom is 0.338 e. The normalized spacial score (nSPS) is 27.2. The highest BCUT2D eigenvalue weighted by Gasteiger charge is 2.61. The first-order valence-corrected chi connectivity index (χ1v) is 7.20. The predicted octanol–water partition coefficient (Wildman–Crippen LogP) is 1.01. The van der Waals surface area contributed by atoms with Gasteiger partial charge in [0.05, 0.1) is 22.9 Å². The Kier molecular flexibility index (Phi) is 3.24. The maximum absolute atomic E-state index is 12.5. The van der Waals surface area contributed by atoms with Gasteiger partial charge in [0.25, 0.3) is 5.91 Å². The van der Waals surface area contributed by atoms with Gasteiger partial charge < -0.3 is 15.1 Å². The molecule has 2 aliphatic rings. The first-order valence-electron chi connectivity index (χ1n) is 7.20. The number of carbonyl (C=O) groups is 3. The topological polar surface area (TPSA) is 108 Å². The number of β-lactam (4-membered cyclic amide) rings is 1. The van der Waals surface area contributed by atoms with Crippen LogP contribution in [0.1, 0.15) is 26.0 Å². The second-order valence-corrected chi connectivity index (χ2v) is 6.47. The molecule has 1 unspecified atom stereocenters. The Morgan fingerprint density at radius 1 is 1.30 bits per heavy atom. The number of hydrogen-bond donors (Lipinski definition) is 2. The van der Waals surface area contributed by atoms with E-state index in [1.54, 1.807) is 26.0 Å². The minimum atomic E-state index is -1.23. The first-order chi connectivity index (χ1) is 10.8. The van der Waals surface area contributed by atoms with Gasteiger partial charge in [-0.05, 0) is 24.0 Å². The summed E-state index contributed by atoms with van der Waals surface area (Å²) in [5.41, 5.74) is -0.409. The number of carbonyl (C=O) groups excluding carboxylic acids is 1. The Hall–Kier alpha value is -2.70. The van der Waals surface area contributed by atoms with Gasteiger partial charge >= 0.3 is 11.9 Å². The molecule has 0 spiro atoms. The van der Waals surface area contributed by atoms with E-state index in [9.17, 15) is 24.6 Å². The van der Waals surface area contributed by atoms with Gasteiger partial charge in [-0.2, -0.15) is 0 Å². The Labute approximate surface area is 132 Å². The van der Waals surface area contributed by atoms with Crippen LogP contribution in [0.2, 0.25) is 0 Å². The largest absolute Gasteiger partial charge is 0.480 e. The Morgan fingerprint density at radius 2 is 2.00 bits per heavy atom. The molecule has 0 aromatic carbocycles. The van der Waals surface area contributed by atoms with Crippen molar-refractivity contribution in [2.45, 2.75) is 32.4 Å². The van der Waals surface area contributed by atoms with Crippen LogP contribution in [0.5, 0.6) is 0 Å². The summed E-state index contributed by atoms with van der Waals surface area (Å²) in [4.78, 5) is 40.9. The van der Waals surface area contributed by atoms with Crippen LogP contribution in [0, 0.1) is 5.41 Å². The zero-order chi connectivity index (χ0) is 16.9. The SMILES string of the molecule is CC1(C)CC2/C(=C(/C(=O)O)c3ccccn3)C(=O)N2[C@H]1C(=O)O. The van der Waals surface area contributed by atoms with Crippen molar-refractivity contribution in [3.63, 3.8) is 0 Å². The van der Waals surface area contributed by atoms with Gasteiger partial charge in [-0.25, -0.2) is 9.59 Å². The highest BCUT2D eigenvalue weighted by Crippen LogP contribution is 2.50. The van der Waals surface area contributed by atoms with Crippen molar-refractivity contribution in [1.82, 2.24) is 9.88 Å². The molecular formula is C16H16N2O5. The standard InChI is InChI=1S/C16H16N2O5/c1-16(2)7-9-11(13(19)18(9)12(16)15(22)23)10(14(20)21)8-5-3-4-6-17-8/h3-6,9,12H,7H2,1-2H3,(H,20,21)(H,22,23)/b11-10-/t9?,12-/m0/s1. The highest BCUT2D eigenvalue weighted by molar-refractivity contribution is 6.25. The Morgan fingerprint density at radius 3 is 2.52 bits per heavy atom. The van der Waals surface area contributed by atoms with Gasteiger partial charge in [-0.3, -0.25) is 9.78 Å². The van der Waals surface area contributed by atoms with Crippen LogP contribution < -0.4 is 0 Å². The second kappa shape index (κ2) is 4.91. The van der Waals surface area contributed by atoms with Crippen molar-refractivity contribution >= 4 is 23.4 Å². The van der Waals surface area contributed by atoms with Gasteiger partial charge in [-0.1, -0.05) is 19.9 Å². The second-order valence-electron chi connectivity index (χ2n) is 6.47. The minimum Gasteiger partial charge on any atom is -0.480 e. The summed E-state index contributed by atoms with van der Waals surface area (Å²) in [7, 11) is 0. The molecule has 1 aromatic rings. The van der Waals surface area contributed by atoms with Crippen molar-refractivity contribution in [2.75, 3.05) is 0 Å². The van der Waals surface area contributed by atoms with Gasteiger partial charge in [0.2, 0.25) is 0 Å². The van der Waals surface area contributed by atoms with E-state index in [1.807, 2.05) is 0 Å². The fraction of sp³-hybridized carbons (Fsp3) is 0.375. The predicted molar refractivity (Wildman–Crippen MR) is 79.2 cm³/mol. The molecule has 0 radical (unpaired) electrons. The summed E-state index contributed by atoms with van der Waals surface area (Å²) in [5.74, 6) is -2.83. The first kappa shape index (κ1) is 15.2. The molecule has 7 nitrogen and oxygen atoms in total. The molecule has 3 heterocycles. The molecule has 2 saturated heterocycles. The molecule has 1 amide bonds. The van der Waals surface area contributed by atoms with Crippen LogP contribution in [0.25, 0.3) is 5.57 Å². The van der Waals surface area contributed by atoms with Crippen molar-refractivity contribution in [1.29, 1.82) is 0 Å². The number of aromatic nitrogens is 1. The Bertz CT molecular complexity index is 738. The van der Waals surface area contributed by atoms with Crippen LogP contribution in [0.15, 0.2) is 30.0 Å². The molecule has 2 N–H and O–H groups in total. The van der Waals surface area contributed by atoms with Crippen LogP contribution >= 0.6 is 0 Å². The average molecular weight is 316 g/mol. The summed E-state index contributed by atoms with van der Waals surface area (Å²) < 4.78 is 0. The molecule has 3 rings (SSSR count). The molecule has 2 aliphatic heterocycles. The van der Waals surface area contributed by atoms with Gasteiger partial charge in [0.1, 0.15) is 6.04 Å². The van der Waals surface area contributed by atoms with Crippen molar-refractivity contribution in [3.05, 3.63) is 35.7 Å². The highest BCUT2D eigenvalue weighted by atomic mass is 16.4. The summed E-state index contributed by atoms with van der Waals surface area (Å²) >= 11 is 0. The van der Waals surface area contributed by atoms with Crippen LogP contribution in [-0.4, -0.2) is 50.0 Å². The number of nitrogens with zero attached hydrogens (tertiary/aromatic N) is 2. The molecule has 0 bridgehead atoms. The zero-order valence-corrected chi connectivity index (χ0v) is 12.7. The van der Waals surface area contributed by atoms with E-state index in [2.05, 4.69) is 4.98 Å². The lowest BCUT2D eigenvalue weighted by molar-refractivity contribution is -0.154. The van der Waals surface area contributed by atoms with Crippen LogP contribution in [0.4, 0.5) is 0 Å². The van der Waals surface area contributed by atoms with Crippen molar-refractivity contribution in [3.8, 4) is 0 Å². The van der Waals surface area contributed by atoms with Gasteiger partial charge in [0, 0.05) is 6.20 Å². The average Bonchev–Trinajstić information content (AvgIpc) is 2.73. The number of hydrogen-bond acceptors (Lipinski definition) is 4. The van der Waals surface area contributed by atoms with E-state index >= 15 is 0 Å². The summed E-state index contributed by atoms with van der Waals surface area (Å²) in [6, 6.07) is 3.39. The number of pyridine rings is 1. The Balaban J connectivity index is 2.10. The van der Waals surface area contributed by atoms with Crippen LogP contribution in [-0.2, 0) is 14.4 Å². The minimum absolute atomic E-state index is 0.140. The van der Waals surface area contributed by atoms with E-state index in [-0.39, 0.29) is 16.8 Å². The molecule has 120 valence electrons. The van der Waals surface area contributed by atoms with E-state index in [1.165, 1.54) is 17.2 Å². The maximum atomic E-state index is 12.5. The van der Waals surface area contributed by atoms with E-state index in [0.717, 1.165) is 0 Å². The summed E-state index contributed by atoms with van der Waals surface area (Å²) in [5, 5.41) is 18.9. The lowest BCUT2D eigenvalue weighted by Crippen LogP contribution is -2.58. The molecule has 2 fully saturated rings. The smallest absolute Gasteiger partial charge is 0.338 e. The van der Waals surface area contributed by atoms with E-state index < -0.39 is 35.3 Å². The molecular weight excluding hydrogens is 300 g/mol. The number of rotatable bonds is 3. The molecule has 0 saturated carbocycles. The zero-order valence-electron chi connectivity index (χ0n) is 12.7. The summed E-state index contributed by atoms with van der Waals surface area (Å²) in [6.45, 7) is 3.55. The third-order valence-corrected chi connectivity index (χ3v) is 4.51.